The third kappa shape index (κ3) is 6.99. The van der Waals surface area contributed by atoms with Crippen LogP contribution in [0.4, 0.5) is 8.78 Å². The first-order chi connectivity index (χ1) is 23.2. The van der Waals surface area contributed by atoms with Gasteiger partial charge in [0.1, 0.15) is 17.8 Å². The van der Waals surface area contributed by atoms with Gasteiger partial charge in [0, 0.05) is 55.1 Å². The molecule has 0 aliphatic carbocycles. The van der Waals surface area contributed by atoms with E-state index in [1.165, 1.54) is 24.0 Å². The molecule has 3 saturated heterocycles. The number of aromatic nitrogens is 1. The Morgan fingerprint density at radius 3 is 2.47 bits per heavy atom. The van der Waals surface area contributed by atoms with Crippen LogP contribution in [0.5, 0.6) is 0 Å². The van der Waals surface area contributed by atoms with E-state index < -0.39 is 42.7 Å². The van der Waals surface area contributed by atoms with Gasteiger partial charge in [-0.3, -0.25) is 23.7 Å². The first-order valence-corrected chi connectivity index (χ1v) is 18.2. The summed E-state index contributed by atoms with van der Waals surface area (Å²) in [7, 11) is -5.81. The standard InChI is InChI=1S/C34H40F2N5O7P/c1-21(42)39-16-14-25-11-13-30(33(45)40-15-6-5-9-26(40)17-22-7-3-2-4-8-22)41(25)32(44)29(20-39)38-31(43)28-19-23-18-24(10-12-27(23)37-28)34(35,36)49(46,47)48/h2-4,7-8,10,12,18-19,25-26,29-30,37H,5-6,9,11,13-17,20H2,1H3,(H,38,43)(H2,46,47,48)/t25-,26+,29+,30+/m1/s1. The Bertz CT molecular complexity index is 1800. The molecule has 4 heterocycles. The number of carbonyl (C=O) groups is 4. The molecule has 3 fully saturated rings. The lowest BCUT2D eigenvalue weighted by molar-refractivity contribution is -0.150. The Kier molecular flexibility index (Phi) is 9.67. The monoisotopic (exact) mass is 699 g/mol. The lowest BCUT2D eigenvalue weighted by atomic mass is 9.94. The highest BCUT2D eigenvalue weighted by Gasteiger charge is 2.51. The molecule has 0 saturated carbocycles. The molecule has 2 aromatic carbocycles. The summed E-state index contributed by atoms with van der Waals surface area (Å²) in [4.78, 5) is 80.8. The number of hydrogen-bond acceptors (Lipinski definition) is 5. The van der Waals surface area contributed by atoms with Crippen LogP contribution in [0.1, 0.15) is 67.1 Å². The number of likely N-dealkylation sites (tertiary alicyclic amines) is 1. The van der Waals surface area contributed by atoms with E-state index >= 15 is 0 Å². The predicted octanol–water partition coefficient (Wildman–Crippen LogP) is 3.73. The van der Waals surface area contributed by atoms with Crippen LogP contribution in [0, 0.1) is 0 Å². The van der Waals surface area contributed by atoms with E-state index in [0.29, 0.717) is 38.8 Å². The number of carbonyl (C=O) groups excluding carboxylic acids is 4. The van der Waals surface area contributed by atoms with Crippen molar-refractivity contribution in [2.45, 2.75) is 81.7 Å². The Balaban J connectivity index is 1.24. The van der Waals surface area contributed by atoms with Crippen molar-refractivity contribution in [1.82, 2.24) is 25.0 Å². The Hall–Kier alpha value is -4.13. The number of hydrogen-bond donors (Lipinski definition) is 4. The second-order valence-corrected chi connectivity index (χ2v) is 14.9. The van der Waals surface area contributed by atoms with Gasteiger partial charge in [-0.1, -0.05) is 36.4 Å². The molecule has 0 spiro atoms. The fourth-order valence-electron chi connectivity index (χ4n) is 7.44. The maximum absolute atomic E-state index is 14.4. The van der Waals surface area contributed by atoms with Crippen molar-refractivity contribution in [3.8, 4) is 0 Å². The number of nitrogens with zero attached hydrogens (tertiary/aromatic N) is 3. The fraction of sp³-hybridized carbons (Fsp3) is 0.471. The van der Waals surface area contributed by atoms with Crippen molar-refractivity contribution in [3.05, 3.63) is 71.4 Å². The van der Waals surface area contributed by atoms with Crippen molar-refractivity contribution in [2.24, 2.45) is 0 Å². The van der Waals surface area contributed by atoms with Crippen LogP contribution in [0.25, 0.3) is 10.9 Å². The van der Waals surface area contributed by atoms with Crippen LogP contribution in [0.3, 0.4) is 0 Å². The average molecular weight is 700 g/mol. The van der Waals surface area contributed by atoms with Gasteiger partial charge in [-0.15, -0.1) is 0 Å². The lowest BCUT2D eigenvalue weighted by Crippen LogP contribution is -2.62. The van der Waals surface area contributed by atoms with Gasteiger partial charge < -0.3 is 34.8 Å². The topological polar surface area (TPSA) is 163 Å². The summed E-state index contributed by atoms with van der Waals surface area (Å²) in [5.74, 6) is -1.60. The number of H-pyrrole nitrogens is 1. The summed E-state index contributed by atoms with van der Waals surface area (Å²) in [6.45, 7) is 2.19. The van der Waals surface area contributed by atoms with Gasteiger partial charge in [0.15, 0.2) is 0 Å². The highest BCUT2D eigenvalue weighted by atomic mass is 31.2. The van der Waals surface area contributed by atoms with Gasteiger partial charge in [-0.25, -0.2) is 0 Å². The van der Waals surface area contributed by atoms with Gasteiger partial charge in [0.2, 0.25) is 17.7 Å². The third-order valence-electron chi connectivity index (χ3n) is 10.0. The van der Waals surface area contributed by atoms with Crippen molar-refractivity contribution in [3.63, 3.8) is 0 Å². The number of aromatic amines is 1. The van der Waals surface area contributed by atoms with Crippen molar-refractivity contribution >= 4 is 42.1 Å². The van der Waals surface area contributed by atoms with Gasteiger partial charge in [-0.2, -0.15) is 8.78 Å². The number of halogens is 2. The van der Waals surface area contributed by atoms with Crippen molar-refractivity contribution in [1.29, 1.82) is 0 Å². The van der Waals surface area contributed by atoms with E-state index in [-0.39, 0.29) is 47.0 Å². The van der Waals surface area contributed by atoms with Gasteiger partial charge in [0.05, 0.1) is 0 Å². The minimum atomic E-state index is -5.81. The van der Waals surface area contributed by atoms with Crippen LogP contribution < -0.4 is 5.32 Å². The minimum absolute atomic E-state index is 0.000399. The molecule has 1 aromatic heterocycles. The summed E-state index contributed by atoms with van der Waals surface area (Å²) in [5.41, 5.74) is -4.05. The number of fused-ring (bicyclic) bond motifs is 2. The summed E-state index contributed by atoms with van der Waals surface area (Å²) >= 11 is 0. The number of piperidine rings is 1. The molecule has 0 bridgehead atoms. The Morgan fingerprint density at radius 1 is 1.00 bits per heavy atom. The molecule has 0 radical (unpaired) electrons. The van der Waals surface area contributed by atoms with E-state index in [1.54, 1.807) is 4.90 Å². The van der Waals surface area contributed by atoms with E-state index in [0.717, 1.165) is 37.0 Å². The molecule has 262 valence electrons. The summed E-state index contributed by atoms with van der Waals surface area (Å²) in [6.07, 6.45) is 4.99. The van der Waals surface area contributed by atoms with E-state index in [2.05, 4.69) is 10.3 Å². The smallest absolute Gasteiger partial charge is 0.351 e. The van der Waals surface area contributed by atoms with Crippen LogP contribution in [-0.4, -0.2) is 96.9 Å². The first-order valence-electron chi connectivity index (χ1n) is 16.5. The lowest BCUT2D eigenvalue weighted by Gasteiger charge is -2.42. The number of nitrogens with one attached hydrogen (secondary N) is 2. The van der Waals surface area contributed by atoms with Gasteiger partial charge >= 0.3 is 13.3 Å². The first kappa shape index (κ1) is 34.7. The Labute approximate surface area is 282 Å². The normalized spacial score (nSPS) is 23.6. The zero-order chi connectivity index (χ0) is 35.1. The van der Waals surface area contributed by atoms with E-state index in [9.17, 15) is 32.5 Å². The second-order valence-electron chi connectivity index (χ2n) is 13.2. The zero-order valence-corrected chi connectivity index (χ0v) is 28.0. The second kappa shape index (κ2) is 13.6. The van der Waals surface area contributed by atoms with Gasteiger partial charge in [0.25, 0.3) is 5.91 Å². The van der Waals surface area contributed by atoms with Crippen LogP contribution in [0.2, 0.25) is 0 Å². The fourth-order valence-corrected chi connectivity index (χ4v) is 7.91. The van der Waals surface area contributed by atoms with Crippen molar-refractivity contribution < 1.29 is 42.3 Å². The highest BCUT2D eigenvalue weighted by molar-refractivity contribution is 7.52. The quantitative estimate of drug-likeness (QED) is 0.273. The number of rotatable bonds is 7. The Morgan fingerprint density at radius 2 is 1.76 bits per heavy atom. The van der Waals surface area contributed by atoms with Crippen LogP contribution >= 0.6 is 7.60 Å². The number of amides is 4. The minimum Gasteiger partial charge on any atom is -0.351 e. The summed E-state index contributed by atoms with van der Waals surface area (Å²) in [6, 6.07) is 11.9. The molecule has 4 amide bonds. The molecular weight excluding hydrogens is 659 g/mol. The molecule has 6 rings (SSSR count). The zero-order valence-electron chi connectivity index (χ0n) is 27.1. The molecular formula is C34H40F2N5O7P. The maximum atomic E-state index is 14.4. The molecule has 3 aromatic rings. The predicted molar refractivity (Wildman–Crippen MR) is 176 cm³/mol. The molecule has 12 nitrogen and oxygen atoms in total. The molecule has 4 atom stereocenters. The molecule has 3 aliphatic heterocycles. The molecule has 49 heavy (non-hydrogen) atoms. The summed E-state index contributed by atoms with van der Waals surface area (Å²) in [5, 5.41) is 2.81. The van der Waals surface area contributed by atoms with Gasteiger partial charge in [-0.05, 0) is 68.7 Å². The number of alkyl halides is 2. The molecule has 4 N–H and O–H groups in total. The van der Waals surface area contributed by atoms with Crippen molar-refractivity contribution in [2.75, 3.05) is 19.6 Å². The highest BCUT2D eigenvalue weighted by Crippen LogP contribution is 2.59. The molecule has 3 aliphatic rings. The summed E-state index contributed by atoms with van der Waals surface area (Å²) < 4.78 is 40.1. The maximum Gasteiger partial charge on any atom is 0.399 e. The SMILES string of the molecule is CC(=O)N1CC[C@H]2CC[C@@H](C(=O)N3CCCC[C@H]3Cc3ccccc3)N2C(=O)[C@@H](NC(=O)c2cc3cc(C(F)(F)P(=O)(O)O)ccc3[nH]2)C1. The van der Waals surface area contributed by atoms with E-state index in [1.807, 2.05) is 35.2 Å². The largest absolute Gasteiger partial charge is 0.399 e. The van der Waals surface area contributed by atoms with Crippen LogP contribution in [0.15, 0.2) is 54.6 Å². The molecule has 0 unspecified atom stereocenters. The third-order valence-corrected chi connectivity index (χ3v) is 11.0. The van der Waals surface area contributed by atoms with E-state index in [4.69, 9.17) is 9.79 Å². The van der Waals surface area contributed by atoms with Crippen LogP contribution in [-0.2, 0) is 31.0 Å². The number of benzene rings is 2. The molecule has 15 heteroatoms. The average Bonchev–Trinajstić information content (AvgIpc) is 3.69.